The Labute approximate surface area is 85.3 Å². The summed E-state index contributed by atoms with van der Waals surface area (Å²) in [5.74, 6) is 0.679. The van der Waals surface area contributed by atoms with E-state index in [0.29, 0.717) is 11.3 Å². The summed E-state index contributed by atoms with van der Waals surface area (Å²) < 4.78 is 0. The third kappa shape index (κ3) is 3.13. The summed E-state index contributed by atoms with van der Waals surface area (Å²) >= 11 is 0. The summed E-state index contributed by atoms with van der Waals surface area (Å²) in [5, 5.41) is 10.3. The van der Waals surface area contributed by atoms with Crippen LogP contribution in [0.2, 0.25) is 0 Å². The van der Waals surface area contributed by atoms with E-state index in [1.54, 1.807) is 0 Å². The lowest BCUT2D eigenvalue weighted by atomic mass is 9.73. The highest BCUT2D eigenvalue weighted by atomic mass is 16.6. The van der Waals surface area contributed by atoms with Crippen molar-refractivity contribution < 1.29 is 4.92 Å². The first-order valence-corrected chi connectivity index (χ1v) is 5.19. The first-order valence-electron chi connectivity index (χ1n) is 5.19. The second kappa shape index (κ2) is 4.11. The molecule has 1 rings (SSSR count). The van der Waals surface area contributed by atoms with Crippen LogP contribution in [0, 0.1) is 21.4 Å². The van der Waals surface area contributed by atoms with Crippen molar-refractivity contribution >= 4 is 0 Å². The molecule has 1 atom stereocenters. The number of allylic oxidation sites excluding steroid dienone is 1. The summed E-state index contributed by atoms with van der Waals surface area (Å²) in [5.41, 5.74) is 1.34. The molecule has 0 saturated carbocycles. The Kier molecular flexibility index (Phi) is 3.29. The molecular weight excluding hydrogens is 178 g/mol. The lowest BCUT2D eigenvalue weighted by Gasteiger charge is -2.32. The van der Waals surface area contributed by atoms with Crippen LogP contribution in [0.5, 0.6) is 0 Å². The van der Waals surface area contributed by atoms with Gasteiger partial charge in [-0.15, -0.1) is 0 Å². The van der Waals surface area contributed by atoms with Crippen LogP contribution in [0.15, 0.2) is 11.6 Å². The van der Waals surface area contributed by atoms with Gasteiger partial charge < -0.3 is 0 Å². The molecule has 1 aliphatic carbocycles. The predicted octanol–water partition coefficient (Wildman–Crippen LogP) is 3.04. The van der Waals surface area contributed by atoms with E-state index in [4.69, 9.17) is 0 Å². The second-order valence-corrected chi connectivity index (χ2v) is 5.19. The summed E-state index contributed by atoms with van der Waals surface area (Å²) in [6.07, 6.45) is 5.08. The van der Waals surface area contributed by atoms with Gasteiger partial charge in [0.05, 0.1) is 0 Å². The van der Waals surface area contributed by atoms with Gasteiger partial charge in [-0.3, -0.25) is 10.1 Å². The van der Waals surface area contributed by atoms with Crippen LogP contribution in [0.4, 0.5) is 0 Å². The Balaban J connectivity index is 2.51. The Morgan fingerprint density at radius 2 is 2.21 bits per heavy atom. The molecule has 0 bridgehead atoms. The molecule has 0 fully saturated rings. The average molecular weight is 197 g/mol. The van der Waals surface area contributed by atoms with Gasteiger partial charge >= 0.3 is 0 Å². The fraction of sp³-hybridized carbons (Fsp3) is 0.818. The SMILES string of the molecule is CC(C)(C)C1CC=C(C[N+](=O)[O-])CC1. The number of nitro groups is 1. The van der Waals surface area contributed by atoms with Crippen LogP contribution in [0.3, 0.4) is 0 Å². The average Bonchev–Trinajstić information content (AvgIpc) is 2.02. The maximum absolute atomic E-state index is 10.3. The van der Waals surface area contributed by atoms with Gasteiger partial charge in [0.2, 0.25) is 6.54 Å². The normalized spacial score (nSPS) is 23.1. The zero-order valence-corrected chi connectivity index (χ0v) is 9.25. The minimum absolute atomic E-state index is 0.0386. The lowest BCUT2D eigenvalue weighted by molar-refractivity contribution is -0.471. The number of nitrogens with zero attached hydrogens (tertiary/aromatic N) is 1. The van der Waals surface area contributed by atoms with E-state index in [1.807, 2.05) is 0 Å². The van der Waals surface area contributed by atoms with Gasteiger partial charge in [-0.2, -0.15) is 0 Å². The van der Waals surface area contributed by atoms with E-state index in [9.17, 15) is 10.1 Å². The largest absolute Gasteiger partial charge is 0.264 e. The van der Waals surface area contributed by atoms with Crippen LogP contribution in [0.1, 0.15) is 40.0 Å². The van der Waals surface area contributed by atoms with Crippen LogP contribution in [0.25, 0.3) is 0 Å². The Hall–Kier alpha value is -0.860. The molecule has 14 heavy (non-hydrogen) atoms. The van der Waals surface area contributed by atoms with Gasteiger partial charge in [0.1, 0.15) is 0 Å². The zero-order valence-electron chi connectivity index (χ0n) is 9.25. The number of hydrogen-bond acceptors (Lipinski definition) is 2. The van der Waals surface area contributed by atoms with Gasteiger partial charge in [0.25, 0.3) is 0 Å². The molecule has 0 amide bonds. The molecule has 0 aromatic carbocycles. The Morgan fingerprint density at radius 3 is 2.57 bits per heavy atom. The molecule has 0 heterocycles. The minimum atomic E-state index is -0.233. The van der Waals surface area contributed by atoms with E-state index in [2.05, 4.69) is 26.8 Å². The Bertz CT molecular complexity index is 251. The molecule has 0 spiro atoms. The van der Waals surface area contributed by atoms with Crippen molar-refractivity contribution in [2.24, 2.45) is 11.3 Å². The predicted molar refractivity (Wildman–Crippen MR) is 56.7 cm³/mol. The van der Waals surface area contributed by atoms with Crippen molar-refractivity contribution in [1.29, 1.82) is 0 Å². The fourth-order valence-electron chi connectivity index (χ4n) is 1.98. The highest BCUT2D eigenvalue weighted by Gasteiger charge is 2.26. The van der Waals surface area contributed by atoms with Crippen molar-refractivity contribution in [1.82, 2.24) is 0 Å². The molecule has 1 aliphatic rings. The maximum atomic E-state index is 10.3. The van der Waals surface area contributed by atoms with Crippen LogP contribution < -0.4 is 0 Å². The van der Waals surface area contributed by atoms with Gasteiger partial charge in [-0.05, 0) is 36.2 Å². The lowest BCUT2D eigenvalue weighted by Crippen LogP contribution is -2.23. The molecule has 0 aliphatic heterocycles. The summed E-state index contributed by atoms with van der Waals surface area (Å²) in [7, 11) is 0. The van der Waals surface area contributed by atoms with E-state index >= 15 is 0 Å². The molecular formula is C11H19NO2. The second-order valence-electron chi connectivity index (χ2n) is 5.19. The highest BCUT2D eigenvalue weighted by Crippen LogP contribution is 2.36. The van der Waals surface area contributed by atoms with Crippen molar-refractivity contribution in [2.75, 3.05) is 6.54 Å². The molecule has 0 radical (unpaired) electrons. The van der Waals surface area contributed by atoms with Crippen molar-refractivity contribution in [2.45, 2.75) is 40.0 Å². The van der Waals surface area contributed by atoms with E-state index < -0.39 is 0 Å². The fourth-order valence-corrected chi connectivity index (χ4v) is 1.98. The first kappa shape index (κ1) is 11.2. The maximum Gasteiger partial charge on any atom is 0.224 e. The van der Waals surface area contributed by atoms with E-state index in [1.165, 1.54) is 0 Å². The third-order valence-electron chi connectivity index (χ3n) is 3.06. The van der Waals surface area contributed by atoms with E-state index in [-0.39, 0.29) is 11.5 Å². The quantitative estimate of drug-likeness (QED) is 0.388. The van der Waals surface area contributed by atoms with Crippen LogP contribution in [-0.2, 0) is 0 Å². The standard InChI is InChI=1S/C11H19NO2/c1-11(2,3)10-6-4-9(5-7-10)8-12(13)14/h4,10H,5-8H2,1-3H3. The van der Waals surface area contributed by atoms with Crippen LogP contribution >= 0.6 is 0 Å². The third-order valence-corrected chi connectivity index (χ3v) is 3.06. The van der Waals surface area contributed by atoms with Crippen molar-refractivity contribution in [3.05, 3.63) is 21.8 Å². The van der Waals surface area contributed by atoms with Gasteiger partial charge in [-0.1, -0.05) is 26.8 Å². The molecule has 3 heteroatoms. The first-order chi connectivity index (χ1) is 6.39. The van der Waals surface area contributed by atoms with Crippen LogP contribution in [-0.4, -0.2) is 11.5 Å². The van der Waals surface area contributed by atoms with Gasteiger partial charge in [0.15, 0.2) is 0 Å². The molecule has 0 N–H and O–H groups in total. The topological polar surface area (TPSA) is 43.1 Å². The molecule has 0 aromatic rings. The molecule has 0 saturated heterocycles. The molecule has 80 valence electrons. The molecule has 3 nitrogen and oxygen atoms in total. The zero-order chi connectivity index (χ0) is 10.8. The Morgan fingerprint density at radius 1 is 1.57 bits per heavy atom. The number of rotatable bonds is 2. The highest BCUT2D eigenvalue weighted by molar-refractivity contribution is 5.07. The minimum Gasteiger partial charge on any atom is -0.264 e. The summed E-state index contributed by atoms with van der Waals surface area (Å²) in [4.78, 5) is 10.1. The monoisotopic (exact) mass is 197 g/mol. The molecule has 0 aromatic heterocycles. The van der Waals surface area contributed by atoms with Gasteiger partial charge in [0, 0.05) is 4.92 Å². The van der Waals surface area contributed by atoms with Gasteiger partial charge in [-0.25, -0.2) is 0 Å². The van der Waals surface area contributed by atoms with E-state index in [0.717, 1.165) is 24.8 Å². The molecule has 1 unspecified atom stereocenters. The van der Waals surface area contributed by atoms with Crippen molar-refractivity contribution in [3.8, 4) is 0 Å². The summed E-state index contributed by atoms with van der Waals surface area (Å²) in [6.45, 7) is 6.76. The smallest absolute Gasteiger partial charge is 0.224 e. The van der Waals surface area contributed by atoms with Crippen molar-refractivity contribution in [3.63, 3.8) is 0 Å². The summed E-state index contributed by atoms with van der Waals surface area (Å²) in [6, 6.07) is 0. The number of hydrogen-bond donors (Lipinski definition) is 0.